The maximum atomic E-state index is 16.3. The van der Waals surface area contributed by atoms with Crippen LogP contribution in [0.3, 0.4) is 0 Å². The minimum Gasteiger partial charge on any atom is -0.496 e. The summed E-state index contributed by atoms with van der Waals surface area (Å²) in [6.45, 7) is 7.88. The average molecular weight is 1850 g/mol. The summed E-state index contributed by atoms with van der Waals surface area (Å²) in [4.78, 5) is 157. The number of halogens is 2. The van der Waals surface area contributed by atoms with Crippen LogP contribution in [0.15, 0.2) is 128 Å². The summed E-state index contributed by atoms with van der Waals surface area (Å²) >= 11 is 8.41. The van der Waals surface area contributed by atoms with E-state index in [1.807, 2.05) is 18.2 Å². The number of terminal acetylenes is 1. The molecule has 3 aromatic heterocycles. The van der Waals surface area contributed by atoms with Crippen LogP contribution in [-0.4, -0.2) is 278 Å². The number of primary amides is 1. The first-order chi connectivity index (χ1) is 62.1. The van der Waals surface area contributed by atoms with E-state index in [2.05, 4.69) is 54.1 Å². The fourth-order valence-corrected chi connectivity index (χ4v) is 15.9. The molecule has 130 heavy (non-hydrogen) atoms. The molecule has 2 aliphatic heterocycles. The van der Waals surface area contributed by atoms with Gasteiger partial charge in [0, 0.05) is 121 Å². The second-order valence-electron chi connectivity index (χ2n) is 31.3. The zero-order valence-corrected chi connectivity index (χ0v) is 75.3. The van der Waals surface area contributed by atoms with Crippen LogP contribution in [0.4, 0.5) is 29.3 Å². The van der Waals surface area contributed by atoms with Crippen LogP contribution in [0.5, 0.6) is 28.9 Å². The van der Waals surface area contributed by atoms with Crippen molar-refractivity contribution in [1.29, 1.82) is 0 Å². The lowest BCUT2D eigenvalue weighted by Gasteiger charge is -2.42. The number of carboxylic acid groups (broad SMARTS) is 1. The van der Waals surface area contributed by atoms with Gasteiger partial charge in [0.2, 0.25) is 29.7 Å². The Bertz CT molecular complexity index is 5620. The standard InChI is InChI=1S/C89H103ClFN15O22S2/c1-10-43-124-88(116)103(7)51-60-48-61(98-81(110)66(19-15-32-94-86(92)114)99-82(111)78(55(2)3)100-72(107)31-44-122-45-39-105-73(108)28-29-74(105)109)24-22-59(60)52-126-87(115)101(5)34-35-102(6)89(117)128-70-50-58(23-26-65(70)91)79-75(63-25-27-69(77(90)56(63)4)123-46-38-104-36-41-106(8,42-37-104)40-16-47-130(118,119)120)76-83(95-54-96-84(76)129-79)127-71(85(112)113)49-57-17-11-13-20-67(57)125-53-62-30-33-93-80(97-62)64-18-12-14-21-68(64)121-9/h1,11-14,17-18,20-30,33,48,50,54-55,66,71,78H,15-16,19,31-32,34-47,49,51-53H2,2-9H3,(H7-,92,94,98,99,100,107,110,111,112,113,114,118,119,120)/p+1/t66-,71+,78-/m0/s1. The van der Waals surface area contributed by atoms with Crippen molar-refractivity contribution in [3.05, 3.63) is 167 Å². The van der Waals surface area contributed by atoms with Crippen LogP contribution in [0.25, 0.3) is 43.2 Å². The Balaban J connectivity index is 0.835. The Labute approximate surface area is 759 Å². The summed E-state index contributed by atoms with van der Waals surface area (Å²) in [7, 11) is 3.69. The summed E-state index contributed by atoms with van der Waals surface area (Å²) < 4.78 is 96.1. The molecule has 8 aromatic rings. The molecule has 0 radical (unpaired) electrons. The molecule has 37 nitrogen and oxygen atoms in total. The second kappa shape index (κ2) is 46.7. The molecule has 0 unspecified atom stereocenters. The molecule has 0 bridgehead atoms. The zero-order valence-electron chi connectivity index (χ0n) is 73.0. The number of likely N-dealkylation sites (N-methyl/N-ethyl adjacent to an activating group) is 3. The van der Waals surface area contributed by atoms with Crippen molar-refractivity contribution in [2.75, 3.05) is 138 Å². The monoisotopic (exact) mass is 1850 g/mol. The predicted octanol–water partition coefficient (Wildman–Crippen LogP) is 8.91. The molecule has 3 atom stereocenters. The first kappa shape index (κ1) is 99.0. The molecule has 10 rings (SSSR count). The minimum atomic E-state index is -4.08. The first-order valence-corrected chi connectivity index (χ1v) is 44.3. The molecule has 10 amide bonds. The van der Waals surface area contributed by atoms with E-state index in [1.54, 1.807) is 82.6 Å². The molecular weight excluding hydrogens is 1750 g/mol. The number of methoxy groups -OCH3 is 1. The molecule has 5 heterocycles. The number of carbonyl (C=O) groups excluding carboxylic acids is 9. The number of ether oxygens (including phenoxy) is 8. The van der Waals surface area contributed by atoms with Gasteiger partial charge in [0.15, 0.2) is 24.0 Å². The average Bonchev–Trinajstić information content (AvgIpc) is 1.59. The number of para-hydroxylation sites is 2. The molecule has 0 saturated carbocycles. The van der Waals surface area contributed by atoms with E-state index in [1.165, 1.54) is 62.7 Å². The number of aromatic nitrogens is 4. The van der Waals surface area contributed by atoms with Gasteiger partial charge in [0.1, 0.15) is 60.3 Å². The van der Waals surface area contributed by atoms with E-state index in [0.717, 1.165) is 57.3 Å². The van der Waals surface area contributed by atoms with Crippen LogP contribution < -0.4 is 50.7 Å². The van der Waals surface area contributed by atoms with Gasteiger partial charge in [0.05, 0.1) is 81.0 Å². The third kappa shape index (κ3) is 27.9. The summed E-state index contributed by atoms with van der Waals surface area (Å²) in [5, 5.41) is 22.1. The highest BCUT2D eigenvalue weighted by atomic mass is 35.5. The number of quaternary nitrogens is 1. The Hall–Kier alpha value is -13.2. The van der Waals surface area contributed by atoms with Crippen LogP contribution in [0.2, 0.25) is 5.02 Å². The minimum absolute atomic E-state index is 0.0231. The van der Waals surface area contributed by atoms with Gasteiger partial charge in [-0.3, -0.25) is 38.3 Å². The molecule has 0 aliphatic carbocycles. The molecule has 0 spiro atoms. The second-order valence-corrected chi connectivity index (χ2v) is 34.2. The molecule has 692 valence electrons. The highest BCUT2D eigenvalue weighted by Crippen LogP contribution is 2.50. The van der Waals surface area contributed by atoms with Gasteiger partial charge in [0.25, 0.3) is 21.9 Å². The Morgan fingerprint density at radius 1 is 0.769 bits per heavy atom. The number of piperazine rings is 1. The van der Waals surface area contributed by atoms with E-state index in [0.29, 0.717) is 120 Å². The summed E-state index contributed by atoms with van der Waals surface area (Å²) in [6, 6.07) is 24.4. The number of thiophene rings is 1. The summed E-state index contributed by atoms with van der Waals surface area (Å²) in [5.41, 5.74) is 9.44. The molecule has 2 aliphatic rings. The number of aliphatic carboxylic acids is 1. The maximum Gasteiger partial charge on any atom is 0.415 e. The fraction of sp³-hybridized carbons (Fsp3) is 0.393. The number of benzene rings is 5. The van der Waals surface area contributed by atoms with Gasteiger partial charge in [-0.25, -0.2) is 48.3 Å². The van der Waals surface area contributed by atoms with E-state index < -0.39 is 112 Å². The topological polar surface area (TPSA) is 461 Å². The number of carbonyl (C=O) groups is 10. The van der Waals surface area contributed by atoms with Crippen molar-refractivity contribution in [2.24, 2.45) is 11.7 Å². The van der Waals surface area contributed by atoms with Gasteiger partial charge in [-0.1, -0.05) is 79.9 Å². The third-order valence-electron chi connectivity index (χ3n) is 21.4. The SMILES string of the molecule is C#CCOC(=O)N(C)Cc1cc(NC(=O)[C@H](CCCNC(N)=O)NC(=O)[C@@H](NC(=O)CCOCCN2C(=O)C=CC2=O)C(C)C)ccc1COC(=O)N(C)CCN(C)C(=O)Oc1cc(-c2sc3ncnc(O[C@H](Cc4ccccc4OCc4ccnc(-c5ccccc5OC)n4)C(=O)O)c3c2-c2ccc(OCCN3CC[N+](C)(CCCS(=O)(=O)O)CC3)c(Cl)c2C)ccc1F. The lowest BCUT2D eigenvalue weighted by Crippen LogP contribution is -2.58. The van der Waals surface area contributed by atoms with E-state index in [4.69, 9.17) is 66.6 Å². The van der Waals surface area contributed by atoms with Gasteiger partial charge in [-0.2, -0.15) is 8.42 Å². The lowest BCUT2D eigenvalue weighted by atomic mass is 9.95. The highest BCUT2D eigenvalue weighted by molar-refractivity contribution is 7.85. The van der Waals surface area contributed by atoms with Crippen molar-refractivity contribution in [2.45, 2.75) is 90.8 Å². The lowest BCUT2D eigenvalue weighted by molar-refractivity contribution is -0.913. The molecular formula is C89H104ClFN15O22S2+. The summed E-state index contributed by atoms with van der Waals surface area (Å²) in [6.07, 6.45) is 6.12. The third-order valence-corrected chi connectivity index (χ3v) is 23.8. The molecule has 5 aromatic carbocycles. The Morgan fingerprint density at radius 3 is 2.19 bits per heavy atom. The van der Waals surface area contributed by atoms with Crippen molar-refractivity contribution in [3.63, 3.8) is 0 Å². The number of hydrogen-bond acceptors (Lipinski definition) is 26. The molecule has 1 fully saturated rings. The molecule has 41 heteroatoms. The number of imide groups is 1. The number of nitrogens with two attached hydrogens (primary N) is 1. The van der Waals surface area contributed by atoms with E-state index in [-0.39, 0.29) is 119 Å². The largest absolute Gasteiger partial charge is 0.496 e. The number of amides is 10. The fourth-order valence-electron chi connectivity index (χ4n) is 14.0. The number of nitrogens with zero attached hydrogens (tertiary/aromatic N) is 10. The van der Waals surface area contributed by atoms with Crippen molar-refractivity contribution in [1.82, 2.24) is 60.4 Å². The van der Waals surface area contributed by atoms with E-state index in [9.17, 15) is 66.0 Å². The number of fused-ring (bicyclic) bond motifs is 1. The number of nitrogens with one attached hydrogen (secondary N) is 4. The maximum absolute atomic E-state index is 16.3. The summed E-state index contributed by atoms with van der Waals surface area (Å²) in [5.74, 6) is -2.85. The van der Waals surface area contributed by atoms with E-state index >= 15 is 4.39 Å². The van der Waals surface area contributed by atoms with Crippen LogP contribution >= 0.6 is 22.9 Å². The first-order valence-electron chi connectivity index (χ1n) is 41.5. The van der Waals surface area contributed by atoms with Gasteiger partial charge >= 0.3 is 30.3 Å². The van der Waals surface area contributed by atoms with Crippen molar-refractivity contribution < 1.29 is 113 Å². The highest BCUT2D eigenvalue weighted by Gasteiger charge is 2.35. The van der Waals surface area contributed by atoms with Crippen LogP contribution in [-0.2, 0) is 79.3 Å². The number of hydrogen-bond donors (Lipinski definition) is 7. The zero-order chi connectivity index (χ0) is 93.9. The van der Waals surface area contributed by atoms with Gasteiger partial charge in [-0.15, -0.1) is 17.8 Å². The predicted molar refractivity (Wildman–Crippen MR) is 477 cm³/mol. The smallest absolute Gasteiger partial charge is 0.415 e. The van der Waals surface area contributed by atoms with Gasteiger partial charge in [-0.05, 0) is 114 Å². The Kier molecular flexibility index (Phi) is 35.6. The number of urea groups is 1. The van der Waals surface area contributed by atoms with Gasteiger partial charge < -0.3 is 89.2 Å². The van der Waals surface area contributed by atoms with Crippen molar-refractivity contribution in [3.8, 4) is 74.2 Å². The normalized spacial score (nSPS) is 13.7. The quantitative estimate of drug-likeness (QED) is 0.00615. The number of carboxylic acids is 1. The Morgan fingerprint density at radius 2 is 1.48 bits per heavy atom. The number of anilines is 1. The number of rotatable bonds is 45. The van der Waals surface area contributed by atoms with Crippen LogP contribution in [0, 0.1) is 31.0 Å². The van der Waals surface area contributed by atoms with Crippen LogP contribution in [0.1, 0.15) is 67.5 Å². The molecule has 8 N–H and O–H groups in total. The van der Waals surface area contributed by atoms with Crippen molar-refractivity contribution >= 4 is 109 Å². The molecule has 1 saturated heterocycles.